The Labute approximate surface area is 134 Å². The van der Waals surface area contributed by atoms with Crippen molar-refractivity contribution in [1.82, 2.24) is 20.4 Å². The number of rotatable bonds is 6. The summed E-state index contributed by atoms with van der Waals surface area (Å²) >= 11 is 0. The summed E-state index contributed by atoms with van der Waals surface area (Å²) in [7, 11) is 3.80. The van der Waals surface area contributed by atoms with E-state index in [-0.39, 0.29) is 0 Å². The van der Waals surface area contributed by atoms with E-state index in [0.717, 1.165) is 30.7 Å². The highest BCUT2D eigenvalue weighted by Crippen LogP contribution is 2.42. The van der Waals surface area contributed by atoms with Crippen molar-refractivity contribution in [2.45, 2.75) is 52.5 Å². The molecular weight excluding hydrogens is 274 g/mol. The lowest BCUT2D eigenvalue weighted by atomic mass is 9.78. The van der Waals surface area contributed by atoms with Gasteiger partial charge >= 0.3 is 0 Å². The summed E-state index contributed by atoms with van der Waals surface area (Å²) in [6, 6.07) is 2.03. The fourth-order valence-corrected chi connectivity index (χ4v) is 3.68. The monoisotopic (exact) mass is 305 g/mol. The third kappa shape index (κ3) is 4.49. The third-order valence-corrected chi connectivity index (χ3v) is 4.72. The van der Waals surface area contributed by atoms with E-state index in [0.29, 0.717) is 5.41 Å². The second-order valence-corrected chi connectivity index (χ2v) is 7.03. The van der Waals surface area contributed by atoms with Gasteiger partial charge in [-0.1, -0.05) is 26.7 Å². The topological polar surface area (TPSA) is 54.2 Å². The van der Waals surface area contributed by atoms with E-state index in [9.17, 15) is 0 Å². The van der Waals surface area contributed by atoms with Gasteiger partial charge in [-0.3, -0.25) is 9.67 Å². The molecule has 5 nitrogen and oxygen atoms in total. The molecule has 1 aliphatic carbocycles. The maximum atomic E-state index is 4.35. The number of hydrogen-bond acceptors (Lipinski definition) is 2. The van der Waals surface area contributed by atoms with Gasteiger partial charge in [-0.05, 0) is 36.7 Å². The molecule has 2 N–H and O–H groups in total. The average molecular weight is 305 g/mol. The van der Waals surface area contributed by atoms with Gasteiger partial charge in [0.15, 0.2) is 5.96 Å². The van der Waals surface area contributed by atoms with Gasteiger partial charge in [0.25, 0.3) is 0 Å². The molecule has 5 heteroatoms. The van der Waals surface area contributed by atoms with Crippen LogP contribution in [0, 0.1) is 11.3 Å². The lowest BCUT2D eigenvalue weighted by Gasteiger charge is -2.31. The van der Waals surface area contributed by atoms with Crippen LogP contribution in [-0.2, 0) is 13.6 Å². The summed E-state index contributed by atoms with van der Waals surface area (Å²) in [4.78, 5) is 4.35. The van der Waals surface area contributed by atoms with Crippen LogP contribution >= 0.6 is 0 Å². The molecule has 0 amide bonds. The SMILES string of the molecule is CN=C(NCc1ccnn1C)NCC1(CC(C)C)CCCC1. The molecule has 1 heterocycles. The summed E-state index contributed by atoms with van der Waals surface area (Å²) in [6.45, 7) is 6.43. The van der Waals surface area contributed by atoms with E-state index in [1.807, 2.05) is 31.0 Å². The van der Waals surface area contributed by atoms with Gasteiger partial charge in [-0.15, -0.1) is 0 Å². The molecule has 0 aromatic carbocycles. The van der Waals surface area contributed by atoms with Crippen LogP contribution in [0.1, 0.15) is 51.6 Å². The molecule has 0 radical (unpaired) electrons. The molecule has 0 bridgehead atoms. The summed E-state index contributed by atoms with van der Waals surface area (Å²) in [6.07, 6.45) is 8.56. The minimum Gasteiger partial charge on any atom is -0.356 e. The molecule has 0 saturated heterocycles. The van der Waals surface area contributed by atoms with Crippen LogP contribution < -0.4 is 10.6 Å². The molecule has 1 aromatic heterocycles. The normalized spacial score (nSPS) is 18.0. The highest BCUT2D eigenvalue weighted by Gasteiger charge is 2.34. The molecule has 0 aliphatic heterocycles. The first-order valence-corrected chi connectivity index (χ1v) is 8.46. The smallest absolute Gasteiger partial charge is 0.191 e. The summed E-state index contributed by atoms with van der Waals surface area (Å²) in [5.41, 5.74) is 1.61. The number of nitrogens with zero attached hydrogens (tertiary/aromatic N) is 3. The standard InChI is InChI=1S/C17H31N5/c1-14(2)11-17(8-5-6-9-17)13-20-16(18-3)19-12-15-7-10-21-22(15)4/h7,10,14H,5-6,8-9,11-13H2,1-4H3,(H2,18,19,20). The molecule has 1 fully saturated rings. The van der Waals surface area contributed by atoms with Crippen LogP contribution in [-0.4, -0.2) is 29.3 Å². The summed E-state index contributed by atoms with van der Waals surface area (Å²) in [5.74, 6) is 1.64. The maximum absolute atomic E-state index is 4.35. The molecule has 1 aromatic rings. The van der Waals surface area contributed by atoms with Gasteiger partial charge < -0.3 is 10.6 Å². The first-order chi connectivity index (χ1) is 10.5. The first kappa shape index (κ1) is 16.8. The Kier molecular flexibility index (Phi) is 5.86. The van der Waals surface area contributed by atoms with Crippen molar-refractivity contribution in [3.05, 3.63) is 18.0 Å². The van der Waals surface area contributed by atoms with E-state index in [1.54, 1.807) is 0 Å². The van der Waals surface area contributed by atoms with Crippen LogP contribution in [0.3, 0.4) is 0 Å². The van der Waals surface area contributed by atoms with Crippen molar-refractivity contribution in [1.29, 1.82) is 0 Å². The van der Waals surface area contributed by atoms with Crippen molar-refractivity contribution in [3.8, 4) is 0 Å². The van der Waals surface area contributed by atoms with Gasteiger partial charge in [-0.2, -0.15) is 5.10 Å². The first-order valence-electron chi connectivity index (χ1n) is 8.46. The largest absolute Gasteiger partial charge is 0.356 e. The van der Waals surface area contributed by atoms with Crippen molar-refractivity contribution in [2.24, 2.45) is 23.4 Å². The predicted octanol–water partition coefficient (Wildman–Crippen LogP) is 2.69. The lowest BCUT2D eigenvalue weighted by molar-refractivity contribution is 0.234. The van der Waals surface area contributed by atoms with Crippen LogP contribution in [0.5, 0.6) is 0 Å². The van der Waals surface area contributed by atoms with Crippen molar-refractivity contribution in [3.63, 3.8) is 0 Å². The lowest BCUT2D eigenvalue weighted by Crippen LogP contribution is -2.43. The molecule has 2 rings (SSSR count). The quantitative estimate of drug-likeness (QED) is 0.627. The van der Waals surface area contributed by atoms with E-state index >= 15 is 0 Å². The number of guanidine groups is 1. The van der Waals surface area contributed by atoms with E-state index < -0.39 is 0 Å². The van der Waals surface area contributed by atoms with Crippen molar-refractivity contribution in [2.75, 3.05) is 13.6 Å². The molecule has 0 atom stereocenters. The minimum absolute atomic E-state index is 0.457. The molecule has 1 aliphatic rings. The number of aliphatic imine (C=N–C) groups is 1. The Morgan fingerprint density at radius 2 is 2.09 bits per heavy atom. The molecule has 22 heavy (non-hydrogen) atoms. The van der Waals surface area contributed by atoms with Crippen LogP contribution in [0.2, 0.25) is 0 Å². The average Bonchev–Trinajstić information content (AvgIpc) is 3.08. The molecular formula is C17H31N5. The number of nitrogens with one attached hydrogen (secondary N) is 2. The van der Waals surface area contributed by atoms with Crippen molar-refractivity contribution >= 4 is 5.96 Å². The maximum Gasteiger partial charge on any atom is 0.191 e. The van der Waals surface area contributed by atoms with Gasteiger partial charge in [-0.25, -0.2) is 0 Å². The highest BCUT2D eigenvalue weighted by molar-refractivity contribution is 5.79. The van der Waals surface area contributed by atoms with E-state index in [4.69, 9.17) is 0 Å². The van der Waals surface area contributed by atoms with Crippen LogP contribution in [0.25, 0.3) is 0 Å². The Hall–Kier alpha value is -1.52. The Morgan fingerprint density at radius 3 is 2.64 bits per heavy atom. The summed E-state index contributed by atoms with van der Waals surface area (Å²) < 4.78 is 1.89. The second kappa shape index (κ2) is 7.65. The number of aromatic nitrogens is 2. The zero-order chi connectivity index (χ0) is 16.0. The Bertz CT molecular complexity index is 483. The number of hydrogen-bond donors (Lipinski definition) is 2. The van der Waals surface area contributed by atoms with Gasteiger partial charge in [0, 0.05) is 26.8 Å². The Balaban J connectivity index is 1.86. The van der Waals surface area contributed by atoms with E-state index in [2.05, 4.69) is 34.6 Å². The fourth-order valence-electron chi connectivity index (χ4n) is 3.68. The minimum atomic E-state index is 0.457. The number of aryl methyl sites for hydroxylation is 1. The molecule has 0 spiro atoms. The predicted molar refractivity (Wildman–Crippen MR) is 91.8 cm³/mol. The summed E-state index contributed by atoms with van der Waals surface area (Å²) in [5, 5.41) is 11.1. The van der Waals surface area contributed by atoms with Crippen LogP contribution in [0.15, 0.2) is 17.3 Å². The van der Waals surface area contributed by atoms with Gasteiger partial charge in [0.05, 0.1) is 12.2 Å². The van der Waals surface area contributed by atoms with Crippen LogP contribution in [0.4, 0.5) is 0 Å². The Morgan fingerprint density at radius 1 is 1.36 bits per heavy atom. The van der Waals surface area contributed by atoms with Gasteiger partial charge in [0.2, 0.25) is 0 Å². The highest BCUT2D eigenvalue weighted by atomic mass is 15.3. The molecule has 124 valence electrons. The van der Waals surface area contributed by atoms with E-state index in [1.165, 1.54) is 32.1 Å². The van der Waals surface area contributed by atoms with Gasteiger partial charge in [0.1, 0.15) is 0 Å². The second-order valence-electron chi connectivity index (χ2n) is 7.03. The third-order valence-electron chi connectivity index (χ3n) is 4.72. The zero-order valence-corrected chi connectivity index (χ0v) is 14.5. The van der Waals surface area contributed by atoms with Crippen molar-refractivity contribution < 1.29 is 0 Å². The molecule has 1 saturated carbocycles. The fraction of sp³-hybridized carbons (Fsp3) is 0.765. The zero-order valence-electron chi connectivity index (χ0n) is 14.5. The molecule has 0 unspecified atom stereocenters.